The van der Waals surface area contributed by atoms with Crippen LogP contribution in [0.15, 0.2) is 22.8 Å². The number of hydrogen-bond acceptors (Lipinski definition) is 5. The molecule has 1 aliphatic heterocycles. The van der Waals surface area contributed by atoms with E-state index in [9.17, 15) is 9.59 Å². The summed E-state index contributed by atoms with van der Waals surface area (Å²) < 4.78 is 10.7. The Morgan fingerprint density at radius 1 is 1.23 bits per heavy atom. The smallest absolute Gasteiger partial charge is 0.254 e. The van der Waals surface area contributed by atoms with Crippen LogP contribution in [0.4, 0.5) is 5.00 Å². The fourth-order valence-corrected chi connectivity index (χ4v) is 4.83. The third-order valence-electron chi connectivity index (χ3n) is 4.86. The molecule has 1 atom stereocenters. The molecule has 1 unspecified atom stereocenters. The number of furan rings is 1. The molecule has 3 heterocycles. The summed E-state index contributed by atoms with van der Waals surface area (Å²) in [5.74, 6) is 0.386. The first-order valence-corrected chi connectivity index (χ1v) is 9.91. The predicted octanol–water partition coefficient (Wildman–Crippen LogP) is 3.27. The van der Waals surface area contributed by atoms with E-state index in [-0.39, 0.29) is 11.8 Å². The van der Waals surface area contributed by atoms with Crippen molar-refractivity contribution in [2.45, 2.75) is 51.2 Å². The van der Waals surface area contributed by atoms with Crippen molar-refractivity contribution in [1.29, 1.82) is 0 Å². The second-order valence-electron chi connectivity index (χ2n) is 6.67. The number of carbonyl (C=O) groups is 2. The average molecular weight is 374 g/mol. The third kappa shape index (κ3) is 3.54. The molecule has 2 aromatic heterocycles. The highest BCUT2D eigenvalue weighted by molar-refractivity contribution is 7.17. The lowest BCUT2D eigenvalue weighted by molar-refractivity contribution is -0.124. The van der Waals surface area contributed by atoms with Crippen LogP contribution in [0.1, 0.15) is 52.2 Å². The minimum atomic E-state index is -0.409. The minimum absolute atomic E-state index is 0.152. The Kier molecular flexibility index (Phi) is 5.08. The number of ether oxygens (including phenoxy) is 1. The summed E-state index contributed by atoms with van der Waals surface area (Å²) in [4.78, 5) is 26.5. The number of nitrogens with one attached hydrogen (secondary N) is 2. The topological polar surface area (TPSA) is 80.6 Å². The van der Waals surface area contributed by atoms with Crippen LogP contribution in [0.2, 0.25) is 0 Å². The Hall–Kier alpha value is -2.12. The van der Waals surface area contributed by atoms with Gasteiger partial charge in [0, 0.05) is 11.5 Å². The highest BCUT2D eigenvalue weighted by atomic mass is 32.1. The number of amides is 2. The van der Waals surface area contributed by atoms with E-state index in [1.54, 1.807) is 12.3 Å². The maximum Gasteiger partial charge on any atom is 0.254 e. The molecule has 7 heteroatoms. The third-order valence-corrected chi connectivity index (χ3v) is 6.07. The molecule has 2 N–H and O–H groups in total. The van der Waals surface area contributed by atoms with Crippen LogP contribution in [0.3, 0.4) is 0 Å². The van der Waals surface area contributed by atoms with Crippen molar-refractivity contribution in [2.24, 2.45) is 0 Å². The van der Waals surface area contributed by atoms with Gasteiger partial charge in [-0.25, -0.2) is 0 Å². The van der Waals surface area contributed by atoms with Gasteiger partial charge in [0.15, 0.2) is 0 Å². The van der Waals surface area contributed by atoms with Gasteiger partial charge in [-0.3, -0.25) is 9.59 Å². The van der Waals surface area contributed by atoms with Crippen molar-refractivity contribution in [2.75, 3.05) is 11.9 Å². The van der Waals surface area contributed by atoms with Gasteiger partial charge in [-0.1, -0.05) is 0 Å². The number of hydrogen-bond donors (Lipinski definition) is 2. The van der Waals surface area contributed by atoms with Crippen molar-refractivity contribution in [3.63, 3.8) is 0 Å². The van der Waals surface area contributed by atoms with Crippen molar-refractivity contribution >= 4 is 28.2 Å². The molecule has 2 amide bonds. The van der Waals surface area contributed by atoms with Crippen LogP contribution in [0, 0.1) is 0 Å². The predicted molar refractivity (Wildman–Crippen MR) is 98.4 cm³/mol. The number of thiophene rings is 1. The largest absolute Gasteiger partial charge is 0.467 e. The van der Waals surface area contributed by atoms with E-state index in [4.69, 9.17) is 9.15 Å². The van der Waals surface area contributed by atoms with Crippen LogP contribution >= 0.6 is 11.3 Å². The lowest BCUT2D eigenvalue weighted by atomic mass is 9.95. The molecule has 4 rings (SSSR count). The van der Waals surface area contributed by atoms with Gasteiger partial charge < -0.3 is 19.8 Å². The monoisotopic (exact) mass is 374 g/mol. The molecule has 1 aliphatic carbocycles. The first-order valence-electron chi connectivity index (χ1n) is 9.10. The molecule has 0 aromatic carbocycles. The molecular weight excluding hydrogens is 352 g/mol. The maximum atomic E-state index is 12.9. The summed E-state index contributed by atoms with van der Waals surface area (Å²) in [5, 5.41) is 6.51. The number of rotatable bonds is 5. The normalized spacial score (nSPS) is 19.2. The molecule has 26 heavy (non-hydrogen) atoms. The Bertz CT molecular complexity index is 791. The zero-order valence-corrected chi connectivity index (χ0v) is 15.3. The average Bonchev–Trinajstić information content (AvgIpc) is 3.39. The molecule has 138 valence electrons. The second kappa shape index (κ2) is 7.63. The minimum Gasteiger partial charge on any atom is -0.467 e. The lowest BCUT2D eigenvalue weighted by Gasteiger charge is -2.13. The van der Waals surface area contributed by atoms with E-state index < -0.39 is 6.10 Å². The molecule has 2 aliphatic rings. The Morgan fingerprint density at radius 3 is 2.88 bits per heavy atom. The van der Waals surface area contributed by atoms with E-state index in [0.29, 0.717) is 29.5 Å². The quantitative estimate of drug-likeness (QED) is 0.842. The van der Waals surface area contributed by atoms with Crippen molar-refractivity contribution in [3.05, 3.63) is 40.2 Å². The molecule has 0 spiro atoms. The van der Waals surface area contributed by atoms with Gasteiger partial charge >= 0.3 is 0 Å². The zero-order valence-electron chi connectivity index (χ0n) is 14.5. The maximum absolute atomic E-state index is 12.9. The molecular formula is C19H22N2O4S. The van der Waals surface area contributed by atoms with Crippen LogP contribution in [-0.4, -0.2) is 24.5 Å². The van der Waals surface area contributed by atoms with Gasteiger partial charge in [-0.2, -0.15) is 0 Å². The summed E-state index contributed by atoms with van der Waals surface area (Å²) in [7, 11) is 0. The van der Waals surface area contributed by atoms with Crippen LogP contribution in [0.5, 0.6) is 0 Å². The lowest BCUT2D eigenvalue weighted by Crippen LogP contribution is -2.29. The summed E-state index contributed by atoms with van der Waals surface area (Å²) in [6.45, 7) is 0.949. The number of fused-ring (bicyclic) bond motifs is 1. The van der Waals surface area contributed by atoms with Crippen molar-refractivity contribution in [3.8, 4) is 0 Å². The molecule has 0 bridgehead atoms. The van der Waals surface area contributed by atoms with E-state index in [2.05, 4.69) is 10.6 Å². The number of aryl methyl sites for hydroxylation is 1. The highest BCUT2D eigenvalue weighted by Crippen LogP contribution is 2.38. The molecule has 2 aromatic rings. The zero-order chi connectivity index (χ0) is 17.9. The van der Waals surface area contributed by atoms with Gasteiger partial charge in [0.2, 0.25) is 0 Å². The summed E-state index contributed by atoms with van der Waals surface area (Å²) in [6.07, 6.45) is 6.85. The van der Waals surface area contributed by atoms with Gasteiger partial charge in [0.1, 0.15) is 16.9 Å². The van der Waals surface area contributed by atoms with Crippen molar-refractivity contribution in [1.82, 2.24) is 5.32 Å². The first-order chi connectivity index (χ1) is 12.7. The molecule has 0 saturated carbocycles. The number of carbonyl (C=O) groups excluding carboxylic acids is 2. The molecule has 1 fully saturated rings. The fraction of sp³-hybridized carbons (Fsp3) is 0.474. The van der Waals surface area contributed by atoms with E-state index in [0.717, 1.165) is 44.1 Å². The highest BCUT2D eigenvalue weighted by Gasteiger charge is 2.29. The van der Waals surface area contributed by atoms with Crippen molar-refractivity contribution < 1.29 is 18.7 Å². The van der Waals surface area contributed by atoms with E-state index >= 15 is 0 Å². The molecule has 0 radical (unpaired) electrons. The van der Waals surface area contributed by atoms with Gasteiger partial charge in [-0.05, 0) is 56.2 Å². The Labute approximate surface area is 155 Å². The Morgan fingerprint density at radius 2 is 2.12 bits per heavy atom. The van der Waals surface area contributed by atoms with Gasteiger partial charge in [-0.15, -0.1) is 11.3 Å². The fourth-order valence-electron chi connectivity index (χ4n) is 3.54. The van der Waals surface area contributed by atoms with Gasteiger partial charge in [0.25, 0.3) is 11.8 Å². The van der Waals surface area contributed by atoms with Gasteiger partial charge in [0.05, 0.1) is 18.4 Å². The van der Waals surface area contributed by atoms with E-state index in [1.807, 2.05) is 6.07 Å². The van der Waals surface area contributed by atoms with Crippen LogP contribution in [-0.2, 0) is 28.9 Å². The van der Waals surface area contributed by atoms with Crippen LogP contribution in [0.25, 0.3) is 0 Å². The summed E-state index contributed by atoms with van der Waals surface area (Å²) in [6, 6.07) is 3.62. The van der Waals surface area contributed by atoms with Crippen LogP contribution < -0.4 is 10.6 Å². The molecule has 1 saturated heterocycles. The number of anilines is 1. The SMILES string of the molecule is O=C(NCc1ccco1)c1c(NC(=O)C2CCCO2)sc2c1CCCC2. The Balaban J connectivity index is 1.55. The standard InChI is InChI=1S/C19H22N2O4S/c22-17(14-7-4-10-25-14)21-19-16(13-6-1-2-8-15(13)26-19)18(23)20-11-12-5-3-9-24-12/h3,5,9,14H,1-2,4,6-8,10-11H2,(H,20,23)(H,21,22). The first kappa shape index (κ1) is 17.3. The summed E-state index contributed by atoms with van der Waals surface area (Å²) in [5.41, 5.74) is 1.70. The second-order valence-corrected chi connectivity index (χ2v) is 7.77. The molecule has 6 nitrogen and oxygen atoms in total. The summed E-state index contributed by atoms with van der Waals surface area (Å²) >= 11 is 1.53. The van der Waals surface area contributed by atoms with E-state index in [1.165, 1.54) is 16.2 Å².